The summed E-state index contributed by atoms with van der Waals surface area (Å²) in [5, 5.41) is 13.2. The Hall–Kier alpha value is -5.11. The van der Waals surface area contributed by atoms with Crippen LogP contribution in [-0.2, 0) is 0 Å². The molecule has 0 spiro atoms. The van der Waals surface area contributed by atoms with Gasteiger partial charge < -0.3 is 4.90 Å². The lowest BCUT2D eigenvalue weighted by atomic mass is 10.0. The molecule has 8 nitrogen and oxygen atoms in total. The summed E-state index contributed by atoms with van der Waals surface area (Å²) in [7, 11) is 0. The van der Waals surface area contributed by atoms with E-state index < -0.39 is 0 Å². The van der Waals surface area contributed by atoms with E-state index in [-0.39, 0.29) is 10.6 Å². The lowest BCUT2D eigenvalue weighted by Gasteiger charge is -2.27. The average Bonchev–Trinajstić information content (AvgIpc) is 3.38. The van der Waals surface area contributed by atoms with E-state index in [0.29, 0.717) is 0 Å². The molecule has 0 unspecified atom stereocenters. The highest BCUT2D eigenvalue weighted by Crippen LogP contribution is 2.38. The van der Waals surface area contributed by atoms with Crippen molar-refractivity contribution in [2.45, 2.75) is 12.8 Å². The van der Waals surface area contributed by atoms with Crippen LogP contribution in [0.25, 0.3) is 44.1 Å². The van der Waals surface area contributed by atoms with Gasteiger partial charge in [-0.05, 0) is 60.9 Å². The number of nitro benzene ring substituents is 1. The van der Waals surface area contributed by atoms with Gasteiger partial charge in [-0.2, -0.15) is 0 Å². The fourth-order valence-electron chi connectivity index (χ4n) is 5.31. The number of rotatable bonds is 8. The fraction of sp³-hybridized carbons (Fsp3) is 0.129. The number of imidazole rings is 1. The molecule has 0 saturated heterocycles. The molecule has 8 heteroatoms. The van der Waals surface area contributed by atoms with Crippen molar-refractivity contribution in [1.29, 1.82) is 0 Å². The Morgan fingerprint density at radius 1 is 0.897 bits per heavy atom. The van der Waals surface area contributed by atoms with Gasteiger partial charge in [0, 0.05) is 59.8 Å². The number of non-ortho nitro benzene ring substituents is 1. The first-order valence-electron chi connectivity index (χ1n) is 12.8. The number of allylic oxidation sites excluding steroid dienone is 4. The summed E-state index contributed by atoms with van der Waals surface area (Å²) in [6.45, 7) is 9.28. The Morgan fingerprint density at radius 2 is 1.56 bits per heavy atom. The van der Waals surface area contributed by atoms with Crippen LogP contribution in [-0.4, -0.2) is 42.4 Å². The number of pyridine rings is 2. The molecule has 0 aliphatic heterocycles. The van der Waals surface area contributed by atoms with Crippen LogP contribution in [0.2, 0.25) is 0 Å². The number of hydrogen-bond donors (Lipinski definition) is 0. The molecule has 1 aliphatic carbocycles. The Balaban J connectivity index is 1.64. The van der Waals surface area contributed by atoms with E-state index in [1.54, 1.807) is 24.5 Å². The second-order valence-electron chi connectivity index (χ2n) is 9.37. The minimum absolute atomic E-state index is 0.0416. The number of hydrogen-bond acceptors (Lipinski definition) is 6. The van der Waals surface area contributed by atoms with Gasteiger partial charge in [-0.1, -0.05) is 18.2 Å². The zero-order valence-corrected chi connectivity index (χ0v) is 21.3. The predicted octanol–water partition coefficient (Wildman–Crippen LogP) is 6.77. The maximum Gasteiger partial charge on any atom is 0.269 e. The van der Waals surface area contributed by atoms with E-state index in [1.807, 2.05) is 36.4 Å². The summed E-state index contributed by atoms with van der Waals surface area (Å²) < 4.78 is 2.10. The summed E-state index contributed by atoms with van der Waals surface area (Å²) in [4.78, 5) is 27.8. The van der Waals surface area contributed by atoms with Crippen molar-refractivity contribution in [3.05, 3.63) is 120 Å². The smallest absolute Gasteiger partial charge is 0.269 e. The van der Waals surface area contributed by atoms with Crippen LogP contribution >= 0.6 is 0 Å². The third-order valence-electron chi connectivity index (χ3n) is 7.07. The molecule has 0 saturated carbocycles. The molecule has 0 fully saturated rings. The van der Waals surface area contributed by atoms with Crippen LogP contribution < -0.4 is 0 Å². The maximum absolute atomic E-state index is 11.4. The van der Waals surface area contributed by atoms with Crippen molar-refractivity contribution >= 4 is 44.1 Å². The van der Waals surface area contributed by atoms with E-state index in [0.717, 1.165) is 75.9 Å². The van der Waals surface area contributed by atoms with Crippen LogP contribution in [0.1, 0.15) is 18.7 Å². The van der Waals surface area contributed by atoms with E-state index in [9.17, 15) is 10.1 Å². The zero-order valence-electron chi connectivity index (χ0n) is 21.3. The molecule has 0 N–H and O–H groups in total. The Labute approximate surface area is 225 Å². The predicted molar refractivity (Wildman–Crippen MR) is 156 cm³/mol. The van der Waals surface area contributed by atoms with Gasteiger partial charge in [-0.15, -0.1) is 13.2 Å². The SMILES string of the molecule is C=CCN(CC=C)C1=CC=C(c2nc3c4cccnc4c4ncccc4c3n2-c2ccc([N+](=O)[O-])cc2)CC1. The Kier molecular flexibility index (Phi) is 6.20. The minimum Gasteiger partial charge on any atom is -0.367 e. The molecular formula is C31H26N6O2. The van der Waals surface area contributed by atoms with E-state index >= 15 is 0 Å². The summed E-state index contributed by atoms with van der Waals surface area (Å²) in [6.07, 6.45) is 13.2. The summed E-state index contributed by atoms with van der Waals surface area (Å²) >= 11 is 0. The highest BCUT2D eigenvalue weighted by atomic mass is 16.6. The molecule has 3 aromatic heterocycles. The quantitative estimate of drug-likeness (QED) is 0.0983. The molecule has 0 amide bonds. The second kappa shape index (κ2) is 9.98. The van der Waals surface area contributed by atoms with Crippen LogP contribution in [0.4, 0.5) is 5.69 Å². The van der Waals surface area contributed by atoms with Crippen LogP contribution in [0, 0.1) is 10.1 Å². The first kappa shape index (κ1) is 24.2. The minimum atomic E-state index is -0.385. The van der Waals surface area contributed by atoms with Crippen molar-refractivity contribution in [3.8, 4) is 5.69 Å². The van der Waals surface area contributed by atoms with Gasteiger partial charge in [-0.3, -0.25) is 24.6 Å². The van der Waals surface area contributed by atoms with Crippen molar-refractivity contribution < 1.29 is 4.92 Å². The van der Waals surface area contributed by atoms with Crippen molar-refractivity contribution in [1.82, 2.24) is 24.4 Å². The molecule has 3 heterocycles. The Bertz CT molecular complexity index is 1820. The summed E-state index contributed by atoms with van der Waals surface area (Å²) in [5.41, 5.74) is 6.45. The Morgan fingerprint density at radius 3 is 2.18 bits per heavy atom. The van der Waals surface area contributed by atoms with Gasteiger partial charge in [0.15, 0.2) is 0 Å². The topological polar surface area (TPSA) is 90.0 Å². The van der Waals surface area contributed by atoms with Crippen LogP contribution in [0.3, 0.4) is 0 Å². The molecule has 1 aliphatic rings. The zero-order chi connectivity index (χ0) is 26.9. The number of benzene rings is 2. The van der Waals surface area contributed by atoms with Crippen molar-refractivity contribution in [2.75, 3.05) is 13.1 Å². The number of aromatic nitrogens is 4. The molecule has 39 heavy (non-hydrogen) atoms. The van der Waals surface area contributed by atoms with Crippen molar-refractivity contribution in [3.63, 3.8) is 0 Å². The van der Waals surface area contributed by atoms with E-state index in [1.165, 1.54) is 17.8 Å². The third kappa shape index (κ3) is 4.16. The first-order valence-corrected chi connectivity index (χ1v) is 12.8. The van der Waals surface area contributed by atoms with E-state index in [4.69, 9.17) is 4.98 Å². The van der Waals surface area contributed by atoms with Gasteiger partial charge in [0.25, 0.3) is 5.69 Å². The van der Waals surface area contributed by atoms with Gasteiger partial charge in [-0.25, -0.2) is 4.98 Å². The summed E-state index contributed by atoms with van der Waals surface area (Å²) in [6, 6.07) is 14.5. The number of fused-ring (bicyclic) bond motifs is 6. The normalized spacial score (nSPS) is 13.3. The van der Waals surface area contributed by atoms with Crippen molar-refractivity contribution in [2.24, 2.45) is 0 Å². The number of nitrogens with zero attached hydrogens (tertiary/aromatic N) is 6. The molecule has 192 valence electrons. The number of nitro groups is 1. The molecule has 5 aromatic rings. The molecule has 0 atom stereocenters. The average molecular weight is 515 g/mol. The second-order valence-corrected chi connectivity index (χ2v) is 9.37. The third-order valence-corrected chi connectivity index (χ3v) is 7.07. The lowest BCUT2D eigenvalue weighted by Crippen LogP contribution is -2.24. The summed E-state index contributed by atoms with van der Waals surface area (Å²) in [5.74, 6) is 0.801. The van der Waals surface area contributed by atoms with Gasteiger partial charge in [0.1, 0.15) is 5.82 Å². The fourth-order valence-corrected chi connectivity index (χ4v) is 5.31. The van der Waals surface area contributed by atoms with Crippen LogP contribution in [0.5, 0.6) is 0 Å². The van der Waals surface area contributed by atoms with Crippen LogP contribution in [0.15, 0.2) is 104 Å². The maximum atomic E-state index is 11.4. The van der Waals surface area contributed by atoms with Gasteiger partial charge in [0.05, 0.1) is 27.0 Å². The highest BCUT2D eigenvalue weighted by molar-refractivity contribution is 6.21. The largest absolute Gasteiger partial charge is 0.367 e. The molecule has 0 radical (unpaired) electrons. The molecular weight excluding hydrogens is 488 g/mol. The lowest BCUT2D eigenvalue weighted by molar-refractivity contribution is -0.384. The molecule has 6 rings (SSSR count). The standard InChI is InChI=1S/C31H26N6O2/c1-3-19-35(20-4-2)22-11-9-21(10-12-22)31-34-29-25-7-5-17-32-27(25)28-26(8-6-18-33-28)30(29)36(31)23-13-15-24(16-14-23)37(38)39/h3-9,11,13-18H,1-2,10,12,19-20H2. The molecule has 2 aromatic carbocycles. The van der Waals surface area contributed by atoms with E-state index in [2.05, 4.69) is 44.7 Å². The monoisotopic (exact) mass is 514 g/mol. The van der Waals surface area contributed by atoms with Gasteiger partial charge >= 0.3 is 0 Å². The molecule has 0 bridgehead atoms. The van der Waals surface area contributed by atoms with Gasteiger partial charge in [0.2, 0.25) is 0 Å². The first-order chi connectivity index (χ1) is 19.1. The highest BCUT2D eigenvalue weighted by Gasteiger charge is 2.23.